The van der Waals surface area contributed by atoms with Crippen molar-refractivity contribution in [1.29, 1.82) is 0 Å². The summed E-state index contributed by atoms with van der Waals surface area (Å²) in [4.78, 5) is 0. The number of halogens is 2. The van der Waals surface area contributed by atoms with E-state index in [1.54, 1.807) is 13.2 Å². The molecule has 0 saturated carbocycles. The molecule has 2 aromatic carbocycles. The van der Waals surface area contributed by atoms with E-state index in [2.05, 4.69) is 28.2 Å². The summed E-state index contributed by atoms with van der Waals surface area (Å²) in [6, 6.07) is 13.1. The van der Waals surface area contributed by atoms with Gasteiger partial charge >= 0.3 is 0 Å². The van der Waals surface area contributed by atoms with Crippen LogP contribution in [0.15, 0.2) is 46.9 Å². The number of benzene rings is 2. The van der Waals surface area contributed by atoms with Gasteiger partial charge in [-0.3, -0.25) is 0 Å². The van der Waals surface area contributed by atoms with Gasteiger partial charge in [0.15, 0.2) is 0 Å². The molecule has 21 heavy (non-hydrogen) atoms. The summed E-state index contributed by atoms with van der Waals surface area (Å²) in [5.41, 5.74) is 1.80. The first-order valence-electron chi connectivity index (χ1n) is 6.86. The molecular weight excluding hydrogens is 333 g/mol. The largest absolute Gasteiger partial charge is 0.497 e. The average Bonchev–Trinajstić information content (AvgIpc) is 2.47. The molecule has 112 valence electrons. The minimum atomic E-state index is -0.202. The van der Waals surface area contributed by atoms with Crippen molar-refractivity contribution in [3.8, 4) is 5.75 Å². The molecule has 0 saturated heterocycles. The summed E-state index contributed by atoms with van der Waals surface area (Å²) in [7, 11) is 1.65. The van der Waals surface area contributed by atoms with Gasteiger partial charge in [-0.2, -0.15) is 0 Å². The molecule has 0 aliphatic carbocycles. The van der Waals surface area contributed by atoms with Crippen molar-refractivity contribution < 1.29 is 9.13 Å². The van der Waals surface area contributed by atoms with E-state index < -0.39 is 0 Å². The van der Waals surface area contributed by atoms with Crippen molar-refractivity contribution in [3.63, 3.8) is 0 Å². The highest BCUT2D eigenvalue weighted by atomic mass is 79.9. The van der Waals surface area contributed by atoms with Crippen LogP contribution in [-0.2, 0) is 0 Å². The van der Waals surface area contributed by atoms with E-state index in [1.165, 1.54) is 6.07 Å². The zero-order chi connectivity index (χ0) is 15.4. The van der Waals surface area contributed by atoms with Gasteiger partial charge in [0, 0.05) is 22.1 Å². The lowest BCUT2D eigenvalue weighted by atomic mass is 10.0. The van der Waals surface area contributed by atoms with Crippen LogP contribution in [0.3, 0.4) is 0 Å². The predicted octanol–water partition coefficient (Wildman–Crippen LogP) is 5.01. The van der Waals surface area contributed by atoms with Crippen molar-refractivity contribution >= 4 is 15.9 Å². The Kier molecular flexibility index (Phi) is 5.37. The first kappa shape index (κ1) is 16.0. The Hall–Kier alpha value is -1.39. The van der Waals surface area contributed by atoms with Gasteiger partial charge in [0.2, 0.25) is 0 Å². The molecule has 0 aromatic heterocycles. The lowest BCUT2D eigenvalue weighted by Gasteiger charge is -2.21. The maximum atomic E-state index is 14.0. The Labute approximate surface area is 133 Å². The summed E-state index contributed by atoms with van der Waals surface area (Å²) >= 11 is 3.27. The molecule has 0 aliphatic rings. The van der Waals surface area contributed by atoms with Gasteiger partial charge in [-0.25, -0.2) is 4.39 Å². The molecule has 4 heteroatoms. The summed E-state index contributed by atoms with van der Waals surface area (Å²) in [6.45, 7) is 4.03. The van der Waals surface area contributed by atoms with E-state index in [4.69, 9.17) is 4.74 Å². The lowest BCUT2D eigenvalue weighted by Crippen LogP contribution is -2.23. The second-order valence-electron chi connectivity index (χ2n) is 5.05. The fourth-order valence-electron chi connectivity index (χ4n) is 2.31. The SMILES string of the molecule is COc1ccc(C(C)NC(C)c2ccc(Br)cc2F)cc1. The number of nitrogens with one attached hydrogen (secondary N) is 1. The van der Waals surface area contributed by atoms with E-state index in [1.807, 2.05) is 37.3 Å². The van der Waals surface area contributed by atoms with Crippen LogP contribution in [0.2, 0.25) is 0 Å². The van der Waals surface area contributed by atoms with E-state index in [9.17, 15) is 4.39 Å². The molecule has 0 radical (unpaired) electrons. The minimum Gasteiger partial charge on any atom is -0.497 e. The highest BCUT2D eigenvalue weighted by molar-refractivity contribution is 9.10. The van der Waals surface area contributed by atoms with Crippen LogP contribution in [0.4, 0.5) is 4.39 Å². The Morgan fingerprint density at radius 3 is 2.29 bits per heavy atom. The number of hydrogen-bond donors (Lipinski definition) is 1. The molecule has 2 unspecified atom stereocenters. The third-order valence-corrected chi connectivity index (χ3v) is 4.04. The lowest BCUT2D eigenvalue weighted by molar-refractivity contribution is 0.414. The van der Waals surface area contributed by atoms with E-state index >= 15 is 0 Å². The van der Waals surface area contributed by atoms with Crippen molar-refractivity contribution in [2.45, 2.75) is 25.9 Å². The Balaban J connectivity index is 2.08. The standard InChI is InChI=1S/C17H19BrFNO/c1-11(13-4-7-15(21-3)8-5-13)20-12(2)16-9-6-14(18)10-17(16)19/h4-12,20H,1-3H3. The summed E-state index contributed by atoms with van der Waals surface area (Å²) in [5, 5.41) is 3.41. The minimum absolute atomic E-state index is 0.0739. The van der Waals surface area contributed by atoms with E-state index in [0.29, 0.717) is 5.56 Å². The molecule has 0 fully saturated rings. The van der Waals surface area contributed by atoms with Gasteiger partial charge in [-0.1, -0.05) is 34.1 Å². The van der Waals surface area contributed by atoms with Crippen molar-refractivity contribution in [1.82, 2.24) is 5.32 Å². The quantitative estimate of drug-likeness (QED) is 0.817. The normalized spacial score (nSPS) is 13.8. The second kappa shape index (κ2) is 7.05. The molecular formula is C17H19BrFNO. The first-order valence-corrected chi connectivity index (χ1v) is 7.65. The molecule has 0 heterocycles. The van der Waals surface area contributed by atoms with Crippen LogP contribution in [0.25, 0.3) is 0 Å². The monoisotopic (exact) mass is 351 g/mol. The highest BCUT2D eigenvalue weighted by Gasteiger charge is 2.14. The third-order valence-electron chi connectivity index (χ3n) is 3.54. The molecule has 0 bridgehead atoms. The maximum Gasteiger partial charge on any atom is 0.129 e. The van der Waals surface area contributed by atoms with Gasteiger partial charge in [0.1, 0.15) is 11.6 Å². The van der Waals surface area contributed by atoms with Gasteiger partial charge in [0.05, 0.1) is 7.11 Å². The Bertz CT molecular complexity index is 600. The molecule has 2 aromatic rings. The predicted molar refractivity (Wildman–Crippen MR) is 87.1 cm³/mol. The van der Waals surface area contributed by atoms with Gasteiger partial charge in [-0.15, -0.1) is 0 Å². The van der Waals surface area contributed by atoms with Gasteiger partial charge < -0.3 is 10.1 Å². The number of ether oxygens (including phenoxy) is 1. The topological polar surface area (TPSA) is 21.3 Å². The number of methoxy groups -OCH3 is 1. The van der Waals surface area contributed by atoms with Crippen LogP contribution in [0.1, 0.15) is 37.1 Å². The smallest absolute Gasteiger partial charge is 0.129 e. The fraction of sp³-hybridized carbons (Fsp3) is 0.294. The van der Waals surface area contributed by atoms with Crippen molar-refractivity contribution in [3.05, 3.63) is 63.9 Å². The third kappa shape index (κ3) is 4.05. The molecule has 0 spiro atoms. The van der Waals surface area contributed by atoms with Crippen molar-refractivity contribution in [2.75, 3.05) is 7.11 Å². The van der Waals surface area contributed by atoms with E-state index in [-0.39, 0.29) is 17.9 Å². The molecule has 2 rings (SSSR count). The van der Waals surface area contributed by atoms with Crippen LogP contribution < -0.4 is 10.1 Å². The zero-order valence-corrected chi connectivity index (χ0v) is 13.9. The van der Waals surface area contributed by atoms with Crippen LogP contribution in [0.5, 0.6) is 5.75 Å². The average molecular weight is 352 g/mol. The van der Waals surface area contributed by atoms with Crippen molar-refractivity contribution in [2.24, 2.45) is 0 Å². The fourth-order valence-corrected chi connectivity index (χ4v) is 2.64. The van der Waals surface area contributed by atoms with Gasteiger partial charge in [0.25, 0.3) is 0 Å². The van der Waals surface area contributed by atoms with Crippen LogP contribution in [0, 0.1) is 5.82 Å². The molecule has 1 N–H and O–H groups in total. The number of rotatable bonds is 5. The second-order valence-corrected chi connectivity index (χ2v) is 5.96. The highest BCUT2D eigenvalue weighted by Crippen LogP contribution is 2.24. The molecule has 2 nitrogen and oxygen atoms in total. The van der Waals surface area contributed by atoms with Crippen LogP contribution in [-0.4, -0.2) is 7.11 Å². The summed E-state index contributed by atoms with van der Waals surface area (Å²) < 4.78 is 19.9. The maximum absolute atomic E-state index is 14.0. The Morgan fingerprint density at radius 1 is 1.05 bits per heavy atom. The van der Waals surface area contributed by atoms with Crippen LogP contribution >= 0.6 is 15.9 Å². The molecule has 0 aliphatic heterocycles. The summed E-state index contributed by atoms with van der Waals surface area (Å²) in [5.74, 6) is 0.629. The van der Waals surface area contributed by atoms with E-state index in [0.717, 1.165) is 15.8 Å². The Morgan fingerprint density at radius 2 is 1.71 bits per heavy atom. The first-order chi connectivity index (χ1) is 10.0. The van der Waals surface area contributed by atoms with Gasteiger partial charge in [-0.05, 0) is 43.7 Å². The zero-order valence-electron chi connectivity index (χ0n) is 12.4. The molecule has 0 amide bonds. The molecule has 2 atom stereocenters. The number of hydrogen-bond acceptors (Lipinski definition) is 2. The summed E-state index contributed by atoms with van der Waals surface area (Å²) in [6.07, 6.45) is 0.